The Hall–Kier alpha value is -2.70. The lowest BCUT2D eigenvalue weighted by Crippen LogP contribution is -2.42. The van der Waals surface area contributed by atoms with Crippen LogP contribution in [0.4, 0.5) is 5.69 Å². The van der Waals surface area contributed by atoms with E-state index in [4.69, 9.17) is 0 Å². The number of likely N-dealkylation sites (tertiary alicyclic amines) is 1. The van der Waals surface area contributed by atoms with Crippen molar-refractivity contribution in [3.8, 4) is 0 Å². The van der Waals surface area contributed by atoms with Gasteiger partial charge in [0.15, 0.2) is 0 Å². The van der Waals surface area contributed by atoms with E-state index in [-0.39, 0.29) is 23.5 Å². The van der Waals surface area contributed by atoms with Gasteiger partial charge in [-0.05, 0) is 43.4 Å². The third-order valence-corrected chi connectivity index (χ3v) is 6.32. The molecule has 2 aliphatic heterocycles. The Balaban J connectivity index is 1.71. The second kappa shape index (κ2) is 8.35. The summed E-state index contributed by atoms with van der Waals surface area (Å²) in [6.45, 7) is 1.53. The Kier molecular flexibility index (Phi) is 5.65. The molecule has 1 saturated heterocycles. The number of rotatable bonds is 4. The van der Waals surface area contributed by atoms with Gasteiger partial charge in [-0.15, -0.1) is 0 Å². The van der Waals surface area contributed by atoms with Crippen molar-refractivity contribution < 1.29 is 14.5 Å². The number of non-ortho nitro benzene ring substituents is 1. The number of nitro groups is 1. The molecule has 1 aromatic carbocycles. The Morgan fingerprint density at radius 1 is 0.828 bits per heavy atom. The van der Waals surface area contributed by atoms with Gasteiger partial charge in [0.05, 0.1) is 10.5 Å². The van der Waals surface area contributed by atoms with Crippen molar-refractivity contribution in [2.45, 2.75) is 63.8 Å². The predicted molar refractivity (Wildman–Crippen MR) is 109 cm³/mol. The van der Waals surface area contributed by atoms with Crippen LogP contribution in [0.2, 0.25) is 0 Å². The highest BCUT2D eigenvalue weighted by molar-refractivity contribution is 6.35. The molecule has 2 fully saturated rings. The minimum atomic E-state index is -0.456. The molecule has 0 N–H and O–H groups in total. The molecule has 0 spiro atoms. The Morgan fingerprint density at radius 3 is 2.00 bits per heavy atom. The average Bonchev–Trinajstić information content (AvgIpc) is 3.29. The molecule has 0 unspecified atom stereocenters. The van der Waals surface area contributed by atoms with Crippen LogP contribution in [0, 0.1) is 10.1 Å². The van der Waals surface area contributed by atoms with E-state index in [1.807, 2.05) is 4.90 Å². The normalized spacial score (nSPS) is 21.7. The molecule has 0 aromatic heterocycles. The first-order chi connectivity index (χ1) is 14.1. The lowest BCUT2D eigenvalue weighted by molar-refractivity contribution is -0.384. The van der Waals surface area contributed by atoms with Gasteiger partial charge in [0, 0.05) is 31.3 Å². The van der Waals surface area contributed by atoms with Gasteiger partial charge in [0.1, 0.15) is 5.70 Å². The number of amides is 2. The average molecular weight is 397 g/mol. The monoisotopic (exact) mass is 397 g/mol. The third kappa shape index (κ3) is 3.78. The summed E-state index contributed by atoms with van der Waals surface area (Å²) in [5, 5.41) is 11.0. The van der Waals surface area contributed by atoms with Crippen LogP contribution in [0.1, 0.15) is 63.4 Å². The first-order valence-corrected chi connectivity index (χ1v) is 10.7. The fourth-order valence-electron chi connectivity index (χ4n) is 4.80. The fraction of sp³-hybridized carbons (Fsp3) is 0.545. The smallest absolute Gasteiger partial charge is 0.278 e. The molecular formula is C22H27N3O4. The SMILES string of the molecule is O=C1C(c2ccc([N+](=O)[O-])cc2)=C(N2CCCC2)C(=O)N1C1CCCCCCC1. The van der Waals surface area contributed by atoms with E-state index in [1.165, 1.54) is 23.5 Å². The molecular weight excluding hydrogens is 370 g/mol. The quantitative estimate of drug-likeness (QED) is 0.437. The van der Waals surface area contributed by atoms with Crippen molar-refractivity contribution >= 4 is 23.1 Å². The fourth-order valence-corrected chi connectivity index (χ4v) is 4.80. The standard InChI is InChI=1S/C22H27N3O4/c26-21-19(16-10-12-18(13-11-16)25(28)29)20(23-14-6-7-15-23)22(27)24(21)17-8-4-2-1-3-5-9-17/h10-13,17H,1-9,14-15H2. The van der Waals surface area contributed by atoms with Crippen LogP contribution in [-0.2, 0) is 9.59 Å². The molecule has 0 radical (unpaired) electrons. The van der Waals surface area contributed by atoms with E-state index in [1.54, 1.807) is 12.1 Å². The summed E-state index contributed by atoms with van der Waals surface area (Å²) >= 11 is 0. The lowest BCUT2D eigenvalue weighted by atomic mass is 9.95. The highest BCUT2D eigenvalue weighted by atomic mass is 16.6. The lowest BCUT2D eigenvalue weighted by Gasteiger charge is -2.29. The van der Waals surface area contributed by atoms with Crippen molar-refractivity contribution in [1.29, 1.82) is 0 Å². The molecule has 1 saturated carbocycles. The van der Waals surface area contributed by atoms with E-state index in [9.17, 15) is 19.7 Å². The van der Waals surface area contributed by atoms with E-state index in [0.717, 1.165) is 64.5 Å². The largest absolute Gasteiger partial charge is 0.366 e. The van der Waals surface area contributed by atoms with Crippen molar-refractivity contribution in [1.82, 2.24) is 9.80 Å². The summed E-state index contributed by atoms with van der Waals surface area (Å²) in [4.78, 5) is 41.0. The van der Waals surface area contributed by atoms with Gasteiger partial charge in [-0.1, -0.05) is 32.1 Å². The van der Waals surface area contributed by atoms with Crippen LogP contribution in [0.5, 0.6) is 0 Å². The zero-order valence-corrected chi connectivity index (χ0v) is 16.6. The zero-order valence-electron chi connectivity index (χ0n) is 16.6. The van der Waals surface area contributed by atoms with Gasteiger partial charge < -0.3 is 4.90 Å². The first kappa shape index (κ1) is 19.6. The van der Waals surface area contributed by atoms with Crippen molar-refractivity contribution in [2.75, 3.05) is 13.1 Å². The molecule has 2 heterocycles. The molecule has 0 bridgehead atoms. The molecule has 4 rings (SSSR count). The summed E-state index contributed by atoms with van der Waals surface area (Å²) < 4.78 is 0. The number of hydrogen-bond acceptors (Lipinski definition) is 5. The second-order valence-corrected chi connectivity index (χ2v) is 8.20. The maximum Gasteiger partial charge on any atom is 0.278 e. The minimum Gasteiger partial charge on any atom is -0.366 e. The van der Waals surface area contributed by atoms with E-state index >= 15 is 0 Å². The maximum atomic E-state index is 13.5. The van der Waals surface area contributed by atoms with E-state index < -0.39 is 4.92 Å². The molecule has 1 aromatic rings. The molecule has 2 amide bonds. The number of nitro benzene ring substituents is 1. The molecule has 1 aliphatic carbocycles. The summed E-state index contributed by atoms with van der Waals surface area (Å²) in [6.07, 6.45) is 9.31. The molecule has 3 aliphatic rings. The molecule has 154 valence electrons. The van der Waals surface area contributed by atoms with Crippen molar-refractivity contribution in [2.24, 2.45) is 0 Å². The predicted octanol–water partition coefficient (Wildman–Crippen LogP) is 3.88. The van der Waals surface area contributed by atoms with Crippen LogP contribution in [0.15, 0.2) is 30.0 Å². The number of nitrogens with zero attached hydrogens (tertiary/aromatic N) is 3. The van der Waals surface area contributed by atoms with Crippen LogP contribution in [0.3, 0.4) is 0 Å². The van der Waals surface area contributed by atoms with Gasteiger partial charge >= 0.3 is 0 Å². The van der Waals surface area contributed by atoms with Gasteiger partial charge in [0.2, 0.25) is 0 Å². The number of carbonyl (C=O) groups excluding carboxylic acids is 2. The first-order valence-electron chi connectivity index (χ1n) is 10.7. The number of imide groups is 1. The molecule has 7 nitrogen and oxygen atoms in total. The highest BCUT2D eigenvalue weighted by Gasteiger charge is 2.45. The molecule has 29 heavy (non-hydrogen) atoms. The third-order valence-electron chi connectivity index (χ3n) is 6.32. The van der Waals surface area contributed by atoms with E-state index in [2.05, 4.69) is 0 Å². The van der Waals surface area contributed by atoms with Gasteiger partial charge in [-0.2, -0.15) is 0 Å². The summed E-state index contributed by atoms with van der Waals surface area (Å²) in [7, 11) is 0. The number of benzene rings is 1. The van der Waals surface area contributed by atoms with Gasteiger partial charge in [-0.25, -0.2) is 0 Å². The van der Waals surface area contributed by atoms with Crippen LogP contribution in [0.25, 0.3) is 5.57 Å². The van der Waals surface area contributed by atoms with Gasteiger partial charge in [-0.3, -0.25) is 24.6 Å². The second-order valence-electron chi connectivity index (χ2n) is 8.20. The number of carbonyl (C=O) groups is 2. The topological polar surface area (TPSA) is 83.8 Å². The van der Waals surface area contributed by atoms with E-state index in [0.29, 0.717) is 16.8 Å². The van der Waals surface area contributed by atoms with Crippen LogP contribution in [-0.4, -0.2) is 45.7 Å². The molecule has 0 atom stereocenters. The molecule has 7 heteroatoms. The Labute approximate surface area is 170 Å². The van der Waals surface area contributed by atoms with Gasteiger partial charge in [0.25, 0.3) is 17.5 Å². The van der Waals surface area contributed by atoms with Crippen LogP contribution < -0.4 is 0 Å². The minimum absolute atomic E-state index is 0.0225. The Bertz CT molecular complexity index is 832. The summed E-state index contributed by atoms with van der Waals surface area (Å²) in [5.41, 5.74) is 1.46. The number of hydrogen-bond donors (Lipinski definition) is 0. The van der Waals surface area contributed by atoms with Crippen molar-refractivity contribution in [3.63, 3.8) is 0 Å². The summed E-state index contributed by atoms with van der Waals surface area (Å²) in [6, 6.07) is 5.94. The zero-order chi connectivity index (χ0) is 20.4. The highest BCUT2D eigenvalue weighted by Crippen LogP contribution is 2.37. The summed E-state index contributed by atoms with van der Waals surface area (Å²) in [5.74, 6) is -0.424. The Morgan fingerprint density at radius 2 is 1.41 bits per heavy atom. The maximum absolute atomic E-state index is 13.5. The van der Waals surface area contributed by atoms with Crippen molar-refractivity contribution in [3.05, 3.63) is 45.6 Å². The van der Waals surface area contributed by atoms with Crippen LogP contribution >= 0.6 is 0 Å².